The molecule has 1 amide bonds. The van der Waals surface area contributed by atoms with Crippen LogP contribution in [0.1, 0.15) is 19.3 Å². The topological polar surface area (TPSA) is 158 Å². The van der Waals surface area contributed by atoms with Crippen LogP contribution in [-0.4, -0.2) is 101 Å². The SMILES string of the molecule is CI(I)I.COCCN1CCC(C(=O)NO)(S(=O)(=O)c2ccc(OCCCn3nnc(-c4ccc(OC(F)(F)F)cc4)n3)cc2)CC1. The second-order valence-corrected chi connectivity index (χ2v) is 41.1. The third kappa shape index (κ3) is 11.8. The number of hydrogen-bond donors (Lipinski definition) is 2. The summed E-state index contributed by atoms with van der Waals surface area (Å²) in [6.45, 7) is 2.34. The first-order valence-electron chi connectivity index (χ1n) is 13.9. The standard InChI is InChI=1S/C26H31F3N6O7S.CH3I3/c1-40-18-16-34-14-11-25(12-15-34,24(36)32-37)43(38,39)22-9-7-20(8-10-22)41-17-2-13-35-31-23(30-33-35)19-3-5-21(6-4-19)42-26(27,28)29;1-4(2)3/h3-10,37H,2,11-18H2,1H3,(H,32,36);1H3. The Morgan fingerprint density at radius 1 is 1.04 bits per heavy atom. The molecule has 13 nitrogen and oxygen atoms in total. The summed E-state index contributed by atoms with van der Waals surface area (Å²) in [4.78, 5) is 18.2. The fraction of sp³-hybridized carbons (Fsp3) is 0.481. The Kier molecular flexibility index (Phi) is 15.6. The number of hydroxylamine groups is 1. The van der Waals surface area contributed by atoms with Crippen LogP contribution in [0.5, 0.6) is 11.5 Å². The van der Waals surface area contributed by atoms with Gasteiger partial charge in [0.15, 0.2) is 14.6 Å². The molecule has 0 aliphatic carbocycles. The van der Waals surface area contributed by atoms with E-state index in [4.69, 9.17) is 9.47 Å². The quantitative estimate of drug-likeness (QED) is 0.0754. The molecule has 47 heavy (non-hydrogen) atoms. The number of aromatic nitrogens is 4. The molecule has 1 fully saturated rings. The van der Waals surface area contributed by atoms with E-state index in [-0.39, 0.29) is 47.8 Å². The molecule has 1 aromatic heterocycles. The number of hydrogen-bond acceptors (Lipinski definition) is 11. The van der Waals surface area contributed by atoms with Gasteiger partial charge in [0.1, 0.15) is 11.5 Å². The van der Waals surface area contributed by atoms with Gasteiger partial charge in [-0.05, 0) is 66.6 Å². The fourth-order valence-electron chi connectivity index (χ4n) is 4.67. The van der Waals surface area contributed by atoms with Crippen molar-refractivity contribution in [3.8, 4) is 22.9 Å². The van der Waals surface area contributed by atoms with E-state index >= 15 is 0 Å². The summed E-state index contributed by atoms with van der Waals surface area (Å²) < 4.78 is 77.0. The maximum Gasteiger partial charge on any atom is 0.573 e. The van der Waals surface area contributed by atoms with Gasteiger partial charge in [0, 0.05) is 38.7 Å². The summed E-state index contributed by atoms with van der Waals surface area (Å²) in [5.74, 6) is -0.691. The van der Waals surface area contributed by atoms with Crippen molar-refractivity contribution >= 4 is 64.8 Å². The normalized spacial score (nSPS) is 15.3. The van der Waals surface area contributed by atoms with Crippen LogP contribution in [0.25, 0.3) is 11.4 Å². The van der Waals surface area contributed by atoms with Crippen LogP contribution in [0, 0.1) is 0 Å². The molecule has 0 spiro atoms. The molecule has 2 heterocycles. The van der Waals surface area contributed by atoms with Crippen molar-refractivity contribution in [2.45, 2.75) is 41.8 Å². The maximum atomic E-state index is 13.6. The molecule has 1 aliphatic heterocycles. The minimum absolute atomic E-state index is 0.0134. The smallest absolute Gasteiger partial charge is 0.494 e. The summed E-state index contributed by atoms with van der Waals surface area (Å²) in [6.07, 6.45) is -4.29. The summed E-state index contributed by atoms with van der Waals surface area (Å²) in [7, 11) is -2.58. The summed E-state index contributed by atoms with van der Waals surface area (Å²) in [5, 5.41) is 21.4. The summed E-state index contributed by atoms with van der Waals surface area (Å²) in [6, 6.07) is 10.8. The Hall–Kier alpha value is -1.61. The van der Waals surface area contributed by atoms with Gasteiger partial charge in [0.2, 0.25) is 5.82 Å². The van der Waals surface area contributed by atoms with Gasteiger partial charge in [-0.2, -0.15) is 4.80 Å². The Morgan fingerprint density at radius 3 is 2.19 bits per heavy atom. The molecule has 0 bridgehead atoms. The molecule has 1 saturated heterocycles. The first kappa shape index (κ1) is 39.8. The molecule has 3 aromatic rings. The molecular weight excluding hydrogens is 990 g/mol. The van der Waals surface area contributed by atoms with Crippen LogP contribution in [0.15, 0.2) is 53.4 Å². The fourth-order valence-corrected chi connectivity index (χ4v) is 6.63. The molecule has 20 heteroatoms. The number of nitrogens with zero attached hydrogens (tertiary/aromatic N) is 5. The predicted octanol–water partition coefficient (Wildman–Crippen LogP) is 5.29. The number of likely N-dealkylation sites (tertiary alicyclic amines) is 1. The molecule has 0 saturated carbocycles. The Labute approximate surface area is 296 Å². The van der Waals surface area contributed by atoms with Gasteiger partial charge >= 0.3 is 60.4 Å². The third-order valence-electron chi connectivity index (χ3n) is 7.01. The molecule has 1 aliphatic rings. The number of halogens is 6. The van der Waals surface area contributed by atoms with Crippen LogP contribution < -0.4 is 15.0 Å². The number of ether oxygens (including phenoxy) is 3. The molecule has 2 N–H and O–H groups in total. The second-order valence-electron chi connectivity index (χ2n) is 10.1. The first-order chi connectivity index (χ1) is 22.2. The van der Waals surface area contributed by atoms with E-state index in [1.165, 1.54) is 41.2 Å². The largest absolute Gasteiger partial charge is 0.573 e. The minimum atomic E-state index is -4.78. The van der Waals surface area contributed by atoms with E-state index in [9.17, 15) is 31.6 Å². The number of sulfone groups is 1. The van der Waals surface area contributed by atoms with E-state index in [0.717, 1.165) is 12.1 Å². The number of aryl methyl sites for hydroxylation is 1. The maximum absolute atomic E-state index is 13.6. The van der Waals surface area contributed by atoms with Crippen LogP contribution in [0.4, 0.5) is 13.2 Å². The van der Waals surface area contributed by atoms with Crippen LogP contribution in [-0.2, 0) is 25.9 Å². The number of carbonyl (C=O) groups excluding carboxylic acids is 1. The van der Waals surface area contributed by atoms with Gasteiger partial charge < -0.3 is 19.1 Å². The number of alkyl halides is 4. The van der Waals surface area contributed by atoms with Crippen molar-refractivity contribution in [1.29, 1.82) is 0 Å². The van der Waals surface area contributed by atoms with Crippen molar-refractivity contribution in [2.75, 3.05) is 44.9 Å². The molecular formula is C27H34F3I3N6O7S. The third-order valence-corrected chi connectivity index (χ3v) is 9.52. The van der Waals surface area contributed by atoms with Crippen molar-refractivity contribution < 1.29 is 45.8 Å². The number of tetrazole rings is 1. The van der Waals surface area contributed by atoms with Gasteiger partial charge in [0.05, 0.1) is 24.7 Å². The average molecular weight is 1020 g/mol. The Bertz CT molecular complexity index is 1520. The number of nitrogens with one attached hydrogen (secondary N) is 1. The number of amides is 1. The average Bonchev–Trinajstić information content (AvgIpc) is 3.50. The van der Waals surface area contributed by atoms with Crippen LogP contribution in [0.3, 0.4) is 0 Å². The van der Waals surface area contributed by atoms with Crippen molar-refractivity contribution in [2.24, 2.45) is 0 Å². The van der Waals surface area contributed by atoms with E-state index in [0.29, 0.717) is 50.5 Å². The monoisotopic (exact) mass is 1020 g/mol. The van der Waals surface area contributed by atoms with E-state index in [1.807, 2.05) is 4.90 Å². The van der Waals surface area contributed by atoms with E-state index in [1.54, 1.807) is 12.6 Å². The molecule has 0 radical (unpaired) electrons. The van der Waals surface area contributed by atoms with Crippen LogP contribution >= 0.6 is 49.1 Å². The molecule has 4 rings (SSSR count). The van der Waals surface area contributed by atoms with E-state index in [2.05, 4.69) is 62.3 Å². The van der Waals surface area contributed by atoms with Gasteiger partial charge in [-0.3, -0.25) is 10.0 Å². The van der Waals surface area contributed by atoms with Gasteiger partial charge in [-0.25, -0.2) is 13.9 Å². The number of rotatable bonds is 13. The second kappa shape index (κ2) is 18.4. The van der Waals surface area contributed by atoms with Gasteiger partial charge in [-0.1, -0.05) is 0 Å². The molecule has 0 unspecified atom stereocenters. The zero-order valence-electron chi connectivity index (χ0n) is 25.3. The van der Waals surface area contributed by atoms with E-state index < -0.39 is 26.9 Å². The van der Waals surface area contributed by atoms with Gasteiger partial charge in [0.25, 0.3) is 5.91 Å². The summed E-state index contributed by atoms with van der Waals surface area (Å²) in [5.41, 5.74) is 2.00. The molecule has 2 aromatic carbocycles. The zero-order chi connectivity index (χ0) is 34.7. The van der Waals surface area contributed by atoms with Crippen molar-refractivity contribution in [3.05, 3.63) is 48.5 Å². The molecule has 0 atom stereocenters. The number of piperidine rings is 1. The number of methoxy groups -OCH3 is 1. The summed E-state index contributed by atoms with van der Waals surface area (Å²) >= 11 is 4.65. The Balaban J connectivity index is 0.00000142. The Morgan fingerprint density at radius 2 is 1.64 bits per heavy atom. The minimum Gasteiger partial charge on any atom is -0.494 e. The number of carbonyl (C=O) groups is 1. The predicted molar refractivity (Wildman–Crippen MR) is 192 cm³/mol. The van der Waals surface area contributed by atoms with Crippen molar-refractivity contribution in [3.63, 3.8) is 0 Å². The number of benzene rings is 2. The van der Waals surface area contributed by atoms with Crippen molar-refractivity contribution in [1.82, 2.24) is 30.6 Å². The first-order valence-corrected chi connectivity index (χ1v) is 30.1. The zero-order valence-corrected chi connectivity index (χ0v) is 32.6. The van der Waals surface area contributed by atoms with Gasteiger partial charge in [-0.15, -0.1) is 23.4 Å². The molecule has 262 valence electrons. The van der Waals surface area contributed by atoms with Crippen LogP contribution in [0.2, 0.25) is 0 Å².